The van der Waals surface area contributed by atoms with Gasteiger partial charge in [0, 0.05) is 5.70 Å². The van der Waals surface area contributed by atoms with Crippen LogP contribution < -0.4 is 10.6 Å². The first-order chi connectivity index (χ1) is 6.88. The van der Waals surface area contributed by atoms with E-state index in [2.05, 4.69) is 10.6 Å². The van der Waals surface area contributed by atoms with Gasteiger partial charge in [-0.05, 0) is 39.9 Å². The lowest BCUT2D eigenvalue weighted by Crippen LogP contribution is -2.55. The summed E-state index contributed by atoms with van der Waals surface area (Å²) in [5, 5.41) is 6.49. The Labute approximate surface area is 95.1 Å². The summed E-state index contributed by atoms with van der Waals surface area (Å²) in [6, 6.07) is 0. The van der Waals surface area contributed by atoms with E-state index >= 15 is 0 Å². The number of rotatable bonds is 2. The van der Waals surface area contributed by atoms with E-state index in [4.69, 9.17) is 17.0 Å². The van der Waals surface area contributed by atoms with E-state index in [1.807, 2.05) is 20.8 Å². The summed E-state index contributed by atoms with van der Waals surface area (Å²) in [5.74, 6) is -0.303. The Morgan fingerprint density at radius 3 is 2.60 bits per heavy atom. The normalized spacial score (nSPS) is 19.3. The summed E-state index contributed by atoms with van der Waals surface area (Å²) in [6.45, 7) is 7.78. The fourth-order valence-electron chi connectivity index (χ4n) is 1.69. The van der Waals surface area contributed by atoms with E-state index in [1.54, 1.807) is 6.92 Å². The van der Waals surface area contributed by atoms with Crippen LogP contribution in [0.15, 0.2) is 11.3 Å². The molecule has 0 aliphatic carbocycles. The largest absolute Gasteiger partial charge is 0.463 e. The molecule has 2 N–H and O–H groups in total. The van der Waals surface area contributed by atoms with Gasteiger partial charge in [-0.15, -0.1) is 0 Å². The van der Waals surface area contributed by atoms with Gasteiger partial charge in [0.15, 0.2) is 5.11 Å². The molecule has 1 aliphatic rings. The third kappa shape index (κ3) is 2.47. The van der Waals surface area contributed by atoms with E-state index in [1.165, 1.54) is 0 Å². The predicted octanol–water partition coefficient (Wildman–Crippen LogP) is 1.08. The smallest absolute Gasteiger partial charge is 0.338 e. The molecule has 0 radical (unpaired) electrons. The lowest BCUT2D eigenvalue weighted by molar-refractivity contribution is -0.139. The molecule has 1 rings (SSSR count). The molecule has 1 heterocycles. The molecule has 0 aromatic heterocycles. The van der Waals surface area contributed by atoms with Crippen LogP contribution >= 0.6 is 12.2 Å². The lowest BCUT2D eigenvalue weighted by Gasteiger charge is -2.35. The van der Waals surface area contributed by atoms with Gasteiger partial charge in [-0.1, -0.05) is 0 Å². The van der Waals surface area contributed by atoms with Crippen molar-refractivity contribution < 1.29 is 9.53 Å². The second kappa shape index (κ2) is 4.18. The van der Waals surface area contributed by atoms with Crippen molar-refractivity contribution in [3.8, 4) is 0 Å². The first kappa shape index (κ1) is 12.0. The number of esters is 1. The van der Waals surface area contributed by atoms with Crippen molar-refractivity contribution >= 4 is 23.3 Å². The van der Waals surface area contributed by atoms with Crippen molar-refractivity contribution in [1.82, 2.24) is 10.6 Å². The van der Waals surface area contributed by atoms with Crippen LogP contribution in [0.5, 0.6) is 0 Å². The number of nitrogens with one attached hydrogen (secondary N) is 2. The summed E-state index contributed by atoms with van der Waals surface area (Å²) in [4.78, 5) is 11.7. The molecule has 0 saturated carbocycles. The molecule has 0 saturated heterocycles. The van der Waals surface area contributed by atoms with Crippen molar-refractivity contribution in [3.63, 3.8) is 0 Å². The maximum absolute atomic E-state index is 11.7. The van der Waals surface area contributed by atoms with E-state index in [9.17, 15) is 4.79 Å². The highest BCUT2D eigenvalue weighted by Crippen LogP contribution is 2.23. The van der Waals surface area contributed by atoms with Gasteiger partial charge in [0.05, 0.1) is 17.7 Å². The van der Waals surface area contributed by atoms with Crippen LogP contribution in [-0.4, -0.2) is 23.2 Å². The van der Waals surface area contributed by atoms with Gasteiger partial charge >= 0.3 is 5.97 Å². The Morgan fingerprint density at radius 1 is 1.53 bits per heavy atom. The third-order valence-corrected chi connectivity index (χ3v) is 2.41. The van der Waals surface area contributed by atoms with E-state index in [-0.39, 0.29) is 5.97 Å². The molecule has 0 bridgehead atoms. The molecule has 0 amide bonds. The molecule has 0 spiro atoms. The zero-order valence-corrected chi connectivity index (χ0v) is 10.2. The Balaban J connectivity index is 3.06. The molecule has 0 atom stereocenters. The Hall–Kier alpha value is -1.10. The van der Waals surface area contributed by atoms with Crippen LogP contribution in [0.25, 0.3) is 0 Å². The number of hydrogen-bond acceptors (Lipinski definition) is 3. The number of thiocarbonyl (C=S) groups is 1. The van der Waals surface area contributed by atoms with Gasteiger partial charge in [0.25, 0.3) is 0 Å². The number of ether oxygens (including phenoxy) is 1. The van der Waals surface area contributed by atoms with Crippen LogP contribution in [0.1, 0.15) is 27.7 Å². The average Bonchev–Trinajstić information content (AvgIpc) is 1.99. The van der Waals surface area contributed by atoms with Crippen LogP contribution in [0.2, 0.25) is 0 Å². The van der Waals surface area contributed by atoms with Gasteiger partial charge in [0.1, 0.15) is 0 Å². The third-order valence-electron chi connectivity index (χ3n) is 2.21. The summed E-state index contributed by atoms with van der Waals surface area (Å²) in [7, 11) is 0. The minimum atomic E-state index is -0.487. The van der Waals surface area contributed by atoms with E-state index in [0.29, 0.717) is 17.3 Å². The van der Waals surface area contributed by atoms with E-state index < -0.39 is 5.54 Å². The average molecular weight is 228 g/mol. The molecular weight excluding hydrogens is 212 g/mol. The molecule has 15 heavy (non-hydrogen) atoms. The van der Waals surface area contributed by atoms with Gasteiger partial charge in [-0.3, -0.25) is 0 Å². The Bertz CT molecular complexity index is 334. The zero-order valence-electron chi connectivity index (χ0n) is 9.43. The minimum absolute atomic E-state index is 0.303. The van der Waals surface area contributed by atoms with Crippen molar-refractivity contribution in [2.75, 3.05) is 6.61 Å². The van der Waals surface area contributed by atoms with Gasteiger partial charge < -0.3 is 15.4 Å². The quantitative estimate of drug-likeness (QED) is 0.547. The Kier molecular flexibility index (Phi) is 3.34. The maximum Gasteiger partial charge on any atom is 0.338 e. The van der Waals surface area contributed by atoms with Crippen molar-refractivity contribution in [1.29, 1.82) is 0 Å². The van der Waals surface area contributed by atoms with E-state index in [0.717, 1.165) is 5.70 Å². The number of carbonyl (C=O) groups is 1. The molecule has 0 aromatic rings. The topological polar surface area (TPSA) is 50.4 Å². The highest BCUT2D eigenvalue weighted by atomic mass is 32.1. The number of hydrogen-bond donors (Lipinski definition) is 2. The second-order valence-electron chi connectivity index (χ2n) is 3.92. The standard InChI is InChI=1S/C10H16N2O2S/c1-5-14-8(13)7-6(2)11-9(15)12-10(7,3)4/h5H2,1-4H3,(H2,11,12,15). The van der Waals surface area contributed by atoms with Crippen LogP contribution in [0, 0.1) is 0 Å². The minimum Gasteiger partial charge on any atom is -0.463 e. The lowest BCUT2D eigenvalue weighted by atomic mass is 9.91. The number of allylic oxidation sites excluding steroid dienone is 1. The molecule has 1 aliphatic heterocycles. The highest BCUT2D eigenvalue weighted by molar-refractivity contribution is 7.80. The van der Waals surface area contributed by atoms with Crippen molar-refractivity contribution in [3.05, 3.63) is 11.3 Å². The monoisotopic (exact) mass is 228 g/mol. The molecule has 84 valence electrons. The van der Waals surface area contributed by atoms with Crippen LogP contribution in [-0.2, 0) is 9.53 Å². The molecule has 5 heteroatoms. The van der Waals surface area contributed by atoms with Crippen molar-refractivity contribution in [2.24, 2.45) is 0 Å². The first-order valence-corrected chi connectivity index (χ1v) is 5.27. The molecule has 0 unspecified atom stereocenters. The van der Waals surface area contributed by atoms with Gasteiger partial charge in [-0.2, -0.15) is 0 Å². The van der Waals surface area contributed by atoms with Crippen LogP contribution in [0.3, 0.4) is 0 Å². The van der Waals surface area contributed by atoms with Gasteiger partial charge in [0.2, 0.25) is 0 Å². The SMILES string of the molecule is CCOC(=O)C1=C(C)NC(=S)NC1(C)C. The fraction of sp³-hybridized carbons (Fsp3) is 0.600. The summed E-state index contributed by atoms with van der Waals surface area (Å²) in [6.07, 6.45) is 0. The fourth-order valence-corrected chi connectivity index (χ4v) is 2.10. The Morgan fingerprint density at radius 2 is 2.13 bits per heavy atom. The molecule has 4 nitrogen and oxygen atoms in total. The molecule has 0 aromatic carbocycles. The van der Waals surface area contributed by atoms with Crippen LogP contribution in [0.4, 0.5) is 0 Å². The summed E-state index contributed by atoms with van der Waals surface area (Å²) >= 11 is 5.03. The summed E-state index contributed by atoms with van der Waals surface area (Å²) in [5.41, 5.74) is 0.860. The summed E-state index contributed by atoms with van der Waals surface area (Å²) < 4.78 is 5.00. The van der Waals surface area contributed by atoms with Crippen molar-refractivity contribution in [2.45, 2.75) is 33.2 Å². The highest BCUT2D eigenvalue weighted by Gasteiger charge is 2.35. The number of carbonyl (C=O) groups excluding carboxylic acids is 1. The second-order valence-corrected chi connectivity index (χ2v) is 4.33. The molecule has 0 fully saturated rings. The predicted molar refractivity (Wildman–Crippen MR) is 62.3 cm³/mol. The molecular formula is C10H16N2O2S. The van der Waals surface area contributed by atoms with Gasteiger partial charge in [-0.25, -0.2) is 4.79 Å². The first-order valence-electron chi connectivity index (χ1n) is 4.86. The maximum atomic E-state index is 11.7. The zero-order chi connectivity index (χ0) is 11.6.